The van der Waals surface area contributed by atoms with Crippen LogP contribution in [-0.2, 0) is 4.74 Å². The van der Waals surface area contributed by atoms with Crippen LogP contribution in [0.4, 0.5) is 0 Å². The first-order valence-corrected chi connectivity index (χ1v) is 5.19. The lowest BCUT2D eigenvalue weighted by Crippen LogP contribution is -1.83. The van der Waals surface area contributed by atoms with Crippen molar-refractivity contribution < 1.29 is 4.74 Å². The maximum Gasteiger partial charge on any atom is 0.115 e. The van der Waals surface area contributed by atoms with Gasteiger partial charge >= 0.3 is 0 Å². The fourth-order valence-corrected chi connectivity index (χ4v) is 0.966. The SMILES string of the molecule is CC/C(C)=C/C(=CC/C=C/P)OC. The fraction of sp³-hybridized carbons (Fsp3) is 0.455. The lowest BCUT2D eigenvalue weighted by molar-refractivity contribution is 0.305. The molecule has 0 fully saturated rings. The Hall–Kier alpha value is -0.550. The molecule has 0 aliphatic carbocycles. The molecule has 0 aliphatic rings. The summed E-state index contributed by atoms with van der Waals surface area (Å²) in [4.78, 5) is 0. The second-order valence-corrected chi connectivity index (χ2v) is 3.20. The highest BCUT2D eigenvalue weighted by molar-refractivity contribution is 7.20. The Labute approximate surface area is 83.8 Å². The molecule has 0 radical (unpaired) electrons. The van der Waals surface area contributed by atoms with E-state index in [2.05, 4.69) is 41.3 Å². The van der Waals surface area contributed by atoms with Gasteiger partial charge in [-0.1, -0.05) is 24.4 Å². The Morgan fingerprint density at radius 3 is 2.62 bits per heavy atom. The Bertz CT molecular complexity index is 214. The molecule has 0 aromatic carbocycles. The van der Waals surface area contributed by atoms with Gasteiger partial charge in [-0.3, -0.25) is 0 Å². The lowest BCUT2D eigenvalue weighted by Gasteiger charge is -2.01. The lowest BCUT2D eigenvalue weighted by atomic mass is 10.2. The zero-order valence-corrected chi connectivity index (χ0v) is 9.86. The molecule has 74 valence electrons. The molecule has 13 heavy (non-hydrogen) atoms. The molecule has 2 heteroatoms. The van der Waals surface area contributed by atoms with E-state index >= 15 is 0 Å². The summed E-state index contributed by atoms with van der Waals surface area (Å²) in [7, 11) is 4.26. The molecule has 0 aliphatic heterocycles. The fourth-order valence-electron chi connectivity index (χ4n) is 0.809. The number of hydrogen-bond acceptors (Lipinski definition) is 1. The van der Waals surface area contributed by atoms with Crippen molar-refractivity contribution in [2.45, 2.75) is 26.7 Å². The molecule has 1 atom stereocenters. The van der Waals surface area contributed by atoms with Gasteiger partial charge in [0, 0.05) is 0 Å². The summed E-state index contributed by atoms with van der Waals surface area (Å²) in [5.41, 5.74) is 1.34. The highest BCUT2D eigenvalue weighted by Gasteiger charge is 1.90. The normalized spacial score (nSPS) is 13.8. The first-order chi connectivity index (χ1) is 6.24. The van der Waals surface area contributed by atoms with Crippen LogP contribution in [0.5, 0.6) is 0 Å². The van der Waals surface area contributed by atoms with Gasteiger partial charge in [-0.2, -0.15) is 0 Å². The van der Waals surface area contributed by atoms with Gasteiger partial charge in [0.05, 0.1) is 7.11 Å². The van der Waals surface area contributed by atoms with E-state index in [9.17, 15) is 0 Å². The molecular formula is C11H19OP. The van der Waals surface area contributed by atoms with Gasteiger partial charge < -0.3 is 4.74 Å². The molecule has 1 unspecified atom stereocenters. The average molecular weight is 198 g/mol. The van der Waals surface area contributed by atoms with Crippen LogP contribution in [0.25, 0.3) is 0 Å². The molecule has 0 bridgehead atoms. The number of ether oxygens (including phenoxy) is 1. The van der Waals surface area contributed by atoms with Gasteiger partial charge in [-0.05, 0) is 31.9 Å². The summed E-state index contributed by atoms with van der Waals surface area (Å²) in [6.45, 7) is 4.25. The molecule has 0 N–H and O–H groups in total. The third kappa shape index (κ3) is 6.60. The Kier molecular flexibility index (Phi) is 7.73. The number of allylic oxidation sites excluding steroid dienone is 4. The van der Waals surface area contributed by atoms with E-state index in [-0.39, 0.29) is 0 Å². The van der Waals surface area contributed by atoms with Crippen LogP contribution in [0.1, 0.15) is 26.7 Å². The van der Waals surface area contributed by atoms with E-state index in [1.165, 1.54) is 5.57 Å². The second-order valence-electron chi connectivity index (χ2n) is 2.82. The second kappa shape index (κ2) is 8.07. The third-order valence-corrected chi connectivity index (χ3v) is 2.05. The predicted molar refractivity (Wildman–Crippen MR) is 62.6 cm³/mol. The molecular weight excluding hydrogens is 179 g/mol. The van der Waals surface area contributed by atoms with E-state index in [1.807, 2.05) is 5.82 Å². The highest BCUT2D eigenvalue weighted by atomic mass is 31.0. The van der Waals surface area contributed by atoms with Crippen molar-refractivity contribution in [3.63, 3.8) is 0 Å². The minimum Gasteiger partial charge on any atom is -0.497 e. The van der Waals surface area contributed by atoms with E-state index < -0.39 is 0 Å². The molecule has 0 aromatic rings. The standard InChI is InChI=1S/C11H19OP/c1-4-10(2)9-11(12-3)7-5-6-8-13/h6-9H,4-5,13H2,1-3H3/b8-6+,10-9+,11-7?. The van der Waals surface area contributed by atoms with Gasteiger partial charge in [-0.25, -0.2) is 0 Å². The molecule has 0 heterocycles. The number of rotatable bonds is 5. The van der Waals surface area contributed by atoms with Crippen molar-refractivity contribution in [3.8, 4) is 0 Å². The van der Waals surface area contributed by atoms with Crippen molar-refractivity contribution in [1.29, 1.82) is 0 Å². The zero-order valence-electron chi connectivity index (χ0n) is 8.71. The maximum absolute atomic E-state index is 5.21. The topological polar surface area (TPSA) is 9.23 Å². The van der Waals surface area contributed by atoms with Gasteiger partial charge in [-0.15, -0.1) is 9.24 Å². The van der Waals surface area contributed by atoms with E-state index in [0.717, 1.165) is 18.6 Å². The predicted octanol–water partition coefficient (Wildman–Crippen LogP) is 3.65. The first-order valence-electron chi connectivity index (χ1n) is 4.52. The van der Waals surface area contributed by atoms with Crippen molar-refractivity contribution in [2.75, 3.05) is 7.11 Å². The minimum absolute atomic E-state index is 0.917. The summed E-state index contributed by atoms with van der Waals surface area (Å²) >= 11 is 0. The van der Waals surface area contributed by atoms with Gasteiger partial charge in [0.2, 0.25) is 0 Å². The summed E-state index contributed by atoms with van der Waals surface area (Å²) in [6.07, 6.45) is 8.20. The van der Waals surface area contributed by atoms with Crippen molar-refractivity contribution in [2.24, 2.45) is 0 Å². The van der Waals surface area contributed by atoms with Crippen LogP contribution in [0.15, 0.2) is 35.4 Å². The highest BCUT2D eigenvalue weighted by Crippen LogP contribution is 2.07. The van der Waals surface area contributed by atoms with Gasteiger partial charge in [0.25, 0.3) is 0 Å². The third-order valence-electron chi connectivity index (χ3n) is 1.77. The smallest absolute Gasteiger partial charge is 0.115 e. The monoisotopic (exact) mass is 198 g/mol. The average Bonchev–Trinajstić information content (AvgIpc) is 2.16. The van der Waals surface area contributed by atoms with Crippen LogP contribution in [0.3, 0.4) is 0 Å². The van der Waals surface area contributed by atoms with Crippen molar-refractivity contribution in [3.05, 3.63) is 35.4 Å². The largest absolute Gasteiger partial charge is 0.497 e. The van der Waals surface area contributed by atoms with Crippen LogP contribution in [0, 0.1) is 0 Å². The zero-order chi connectivity index (χ0) is 10.1. The molecule has 0 saturated heterocycles. The molecule has 0 saturated carbocycles. The number of hydrogen-bond donors (Lipinski definition) is 0. The summed E-state index contributed by atoms with van der Waals surface area (Å²) in [6, 6.07) is 0. The van der Waals surface area contributed by atoms with Crippen molar-refractivity contribution in [1.82, 2.24) is 0 Å². The summed E-state index contributed by atoms with van der Waals surface area (Å²) < 4.78 is 5.21. The Balaban J connectivity index is 4.24. The molecule has 0 spiro atoms. The first kappa shape index (κ1) is 12.4. The van der Waals surface area contributed by atoms with Crippen LogP contribution in [0.2, 0.25) is 0 Å². The number of methoxy groups -OCH3 is 1. The molecule has 0 aromatic heterocycles. The van der Waals surface area contributed by atoms with Gasteiger partial charge in [0.15, 0.2) is 0 Å². The van der Waals surface area contributed by atoms with Gasteiger partial charge in [0.1, 0.15) is 5.76 Å². The Morgan fingerprint density at radius 2 is 2.15 bits per heavy atom. The molecule has 0 rings (SSSR count). The van der Waals surface area contributed by atoms with Crippen molar-refractivity contribution >= 4 is 9.24 Å². The quantitative estimate of drug-likeness (QED) is 0.372. The van der Waals surface area contributed by atoms with E-state index in [4.69, 9.17) is 4.74 Å². The van der Waals surface area contributed by atoms with E-state index in [1.54, 1.807) is 7.11 Å². The molecule has 1 nitrogen and oxygen atoms in total. The van der Waals surface area contributed by atoms with Crippen LogP contribution >= 0.6 is 9.24 Å². The van der Waals surface area contributed by atoms with Crippen LogP contribution < -0.4 is 0 Å². The Morgan fingerprint density at radius 1 is 1.46 bits per heavy atom. The summed E-state index contributed by atoms with van der Waals surface area (Å²) in [5.74, 6) is 2.91. The minimum atomic E-state index is 0.917. The molecule has 0 amide bonds. The van der Waals surface area contributed by atoms with E-state index in [0.29, 0.717) is 0 Å². The maximum atomic E-state index is 5.21. The summed E-state index contributed by atoms with van der Waals surface area (Å²) in [5, 5.41) is 0. The van der Waals surface area contributed by atoms with Crippen LogP contribution in [-0.4, -0.2) is 7.11 Å².